The molecule has 1 N–H and O–H groups in total. The van der Waals surface area contributed by atoms with Crippen molar-refractivity contribution in [2.24, 2.45) is 0 Å². The van der Waals surface area contributed by atoms with E-state index in [4.69, 9.17) is 0 Å². The fraction of sp³-hybridized carbons (Fsp3) is 0.200. The molecule has 0 spiro atoms. The minimum atomic E-state index is -0.560. The molecule has 0 unspecified atom stereocenters. The Bertz CT molecular complexity index is 311. The second kappa shape index (κ2) is 4.03. The maximum Gasteiger partial charge on any atom is 0.126 e. The summed E-state index contributed by atoms with van der Waals surface area (Å²) >= 11 is 0. The Morgan fingerprint density at radius 3 is 2.23 bits per heavy atom. The van der Waals surface area contributed by atoms with Gasteiger partial charge in [-0.1, -0.05) is 0 Å². The highest BCUT2D eigenvalue weighted by atomic mass is 19.1. The van der Waals surface area contributed by atoms with Crippen LogP contribution < -0.4 is 5.32 Å². The lowest BCUT2D eigenvalue weighted by Crippen LogP contribution is -2.00. The Labute approximate surface area is 76.1 Å². The first-order valence-electron chi connectivity index (χ1n) is 3.94. The molecular formula is C10H11F2N. The maximum atomic E-state index is 12.7. The Balaban J connectivity index is 3.02. The molecule has 0 bridgehead atoms. The molecule has 1 aromatic carbocycles. The van der Waals surface area contributed by atoms with Gasteiger partial charge in [-0.15, -0.1) is 0 Å². The molecule has 0 heterocycles. The second-order valence-electron chi connectivity index (χ2n) is 2.78. The summed E-state index contributed by atoms with van der Waals surface area (Å²) in [5.74, 6) is -1.12. The van der Waals surface area contributed by atoms with Crippen LogP contribution in [0.4, 0.5) is 8.78 Å². The zero-order chi connectivity index (χ0) is 9.84. The highest BCUT2D eigenvalue weighted by molar-refractivity contribution is 5.51. The first kappa shape index (κ1) is 9.71. The average molecular weight is 183 g/mol. The molecule has 1 rings (SSSR count). The van der Waals surface area contributed by atoms with Crippen molar-refractivity contribution in [3.8, 4) is 0 Å². The van der Waals surface area contributed by atoms with Gasteiger partial charge in [0.25, 0.3) is 0 Å². The van der Waals surface area contributed by atoms with E-state index in [0.717, 1.165) is 11.8 Å². The van der Waals surface area contributed by atoms with Gasteiger partial charge in [-0.05, 0) is 30.7 Å². The Morgan fingerprint density at radius 2 is 1.77 bits per heavy atom. The smallest absolute Gasteiger partial charge is 0.126 e. The summed E-state index contributed by atoms with van der Waals surface area (Å²) in [6.07, 6.45) is 1.67. The van der Waals surface area contributed by atoms with Crippen LogP contribution in [-0.4, -0.2) is 7.05 Å². The van der Waals surface area contributed by atoms with E-state index in [-0.39, 0.29) is 0 Å². The molecule has 3 heteroatoms. The largest absolute Gasteiger partial charge is 0.392 e. The lowest BCUT2D eigenvalue weighted by atomic mass is 10.2. The van der Waals surface area contributed by atoms with Crippen LogP contribution in [0.25, 0.3) is 6.08 Å². The predicted octanol–water partition coefficient (Wildman–Crippen LogP) is 2.55. The number of halogens is 2. The summed E-state index contributed by atoms with van der Waals surface area (Å²) in [7, 11) is 1.75. The van der Waals surface area contributed by atoms with Crippen molar-refractivity contribution in [1.82, 2.24) is 5.32 Å². The lowest BCUT2D eigenvalue weighted by Gasteiger charge is -1.99. The van der Waals surface area contributed by atoms with Gasteiger partial charge in [0, 0.05) is 18.8 Å². The van der Waals surface area contributed by atoms with Crippen molar-refractivity contribution in [3.63, 3.8) is 0 Å². The Kier molecular flexibility index (Phi) is 3.01. The second-order valence-corrected chi connectivity index (χ2v) is 2.78. The van der Waals surface area contributed by atoms with Crippen molar-refractivity contribution < 1.29 is 8.78 Å². The standard InChI is InChI=1S/C10H11F2N/c1-7(13-2)3-8-4-9(11)6-10(12)5-8/h3-6,13H,1-2H3. The third-order valence-electron chi connectivity index (χ3n) is 1.66. The molecular weight excluding hydrogens is 172 g/mol. The molecule has 0 saturated carbocycles. The molecule has 0 atom stereocenters. The molecule has 0 aromatic heterocycles. The molecule has 0 radical (unpaired) electrons. The minimum absolute atomic E-state index is 0.518. The Hall–Kier alpha value is -1.38. The first-order chi connectivity index (χ1) is 6.11. The predicted molar refractivity (Wildman–Crippen MR) is 49.1 cm³/mol. The van der Waals surface area contributed by atoms with E-state index in [1.54, 1.807) is 13.1 Å². The quantitative estimate of drug-likeness (QED) is 0.743. The lowest BCUT2D eigenvalue weighted by molar-refractivity contribution is 0.583. The molecule has 13 heavy (non-hydrogen) atoms. The molecule has 0 aliphatic carbocycles. The maximum absolute atomic E-state index is 12.7. The van der Waals surface area contributed by atoms with Gasteiger partial charge in [0.2, 0.25) is 0 Å². The van der Waals surface area contributed by atoms with Gasteiger partial charge in [-0.2, -0.15) is 0 Å². The van der Waals surface area contributed by atoms with E-state index in [0.29, 0.717) is 5.56 Å². The van der Waals surface area contributed by atoms with Crippen molar-refractivity contribution in [3.05, 3.63) is 41.1 Å². The Morgan fingerprint density at radius 1 is 1.23 bits per heavy atom. The fourth-order valence-electron chi connectivity index (χ4n) is 0.981. The highest BCUT2D eigenvalue weighted by Gasteiger charge is 1.97. The molecule has 1 aromatic rings. The topological polar surface area (TPSA) is 12.0 Å². The summed E-state index contributed by atoms with van der Waals surface area (Å²) in [4.78, 5) is 0. The van der Waals surface area contributed by atoms with Gasteiger partial charge < -0.3 is 5.32 Å². The van der Waals surface area contributed by atoms with Crippen LogP contribution in [0.5, 0.6) is 0 Å². The number of rotatable bonds is 2. The van der Waals surface area contributed by atoms with E-state index in [2.05, 4.69) is 5.32 Å². The molecule has 70 valence electrons. The summed E-state index contributed by atoms with van der Waals surface area (Å²) in [6, 6.07) is 3.42. The summed E-state index contributed by atoms with van der Waals surface area (Å²) in [5, 5.41) is 2.87. The number of hydrogen-bond donors (Lipinski definition) is 1. The SMILES string of the molecule is CNC(C)=Cc1cc(F)cc(F)c1. The zero-order valence-electron chi connectivity index (χ0n) is 7.57. The van der Waals surface area contributed by atoms with Crippen LogP contribution >= 0.6 is 0 Å². The van der Waals surface area contributed by atoms with Gasteiger partial charge >= 0.3 is 0 Å². The first-order valence-corrected chi connectivity index (χ1v) is 3.94. The molecule has 0 fully saturated rings. The van der Waals surface area contributed by atoms with Crippen LogP contribution in [0.15, 0.2) is 23.9 Å². The average Bonchev–Trinajstić information content (AvgIpc) is 2.02. The minimum Gasteiger partial charge on any atom is -0.392 e. The number of allylic oxidation sites excluding steroid dienone is 1. The van der Waals surface area contributed by atoms with Crippen LogP contribution in [0.3, 0.4) is 0 Å². The summed E-state index contributed by atoms with van der Waals surface area (Å²) in [5.41, 5.74) is 1.37. The van der Waals surface area contributed by atoms with Crippen LogP contribution in [0.1, 0.15) is 12.5 Å². The molecule has 0 aliphatic rings. The van der Waals surface area contributed by atoms with Crippen LogP contribution in [-0.2, 0) is 0 Å². The van der Waals surface area contributed by atoms with Gasteiger partial charge in [0.05, 0.1) is 0 Å². The molecule has 0 saturated heterocycles. The van der Waals surface area contributed by atoms with E-state index < -0.39 is 11.6 Å². The van der Waals surface area contributed by atoms with E-state index in [9.17, 15) is 8.78 Å². The van der Waals surface area contributed by atoms with Crippen molar-refractivity contribution in [2.45, 2.75) is 6.92 Å². The fourth-order valence-corrected chi connectivity index (χ4v) is 0.981. The van der Waals surface area contributed by atoms with Crippen molar-refractivity contribution in [1.29, 1.82) is 0 Å². The summed E-state index contributed by atoms with van der Waals surface area (Å²) in [6.45, 7) is 1.82. The van der Waals surface area contributed by atoms with Gasteiger partial charge in [-0.25, -0.2) is 8.78 Å². The van der Waals surface area contributed by atoms with Gasteiger partial charge in [0.1, 0.15) is 11.6 Å². The van der Waals surface area contributed by atoms with Gasteiger partial charge in [-0.3, -0.25) is 0 Å². The van der Waals surface area contributed by atoms with Crippen molar-refractivity contribution >= 4 is 6.08 Å². The number of nitrogens with one attached hydrogen (secondary N) is 1. The third kappa shape index (κ3) is 2.86. The van der Waals surface area contributed by atoms with E-state index in [1.807, 2.05) is 6.92 Å². The third-order valence-corrected chi connectivity index (χ3v) is 1.66. The van der Waals surface area contributed by atoms with Crippen LogP contribution in [0, 0.1) is 11.6 Å². The van der Waals surface area contributed by atoms with Crippen molar-refractivity contribution in [2.75, 3.05) is 7.05 Å². The number of benzene rings is 1. The molecule has 0 amide bonds. The van der Waals surface area contributed by atoms with Crippen LogP contribution in [0.2, 0.25) is 0 Å². The number of hydrogen-bond acceptors (Lipinski definition) is 1. The normalized spacial score (nSPS) is 11.5. The molecule has 1 nitrogen and oxygen atoms in total. The van der Waals surface area contributed by atoms with E-state index >= 15 is 0 Å². The summed E-state index contributed by atoms with van der Waals surface area (Å²) < 4.78 is 25.4. The monoisotopic (exact) mass is 183 g/mol. The molecule has 0 aliphatic heterocycles. The van der Waals surface area contributed by atoms with E-state index in [1.165, 1.54) is 12.1 Å². The zero-order valence-corrected chi connectivity index (χ0v) is 7.57. The highest BCUT2D eigenvalue weighted by Crippen LogP contribution is 2.10. The van der Waals surface area contributed by atoms with Gasteiger partial charge in [0.15, 0.2) is 0 Å².